The molecule has 3 atom stereocenters. The molecular weight excluding hydrogens is 318 g/mol. The first-order chi connectivity index (χ1) is 9.23. The lowest BCUT2D eigenvalue weighted by Crippen LogP contribution is -2.41. The first-order valence-electron chi connectivity index (χ1n) is 7.71. The molecule has 1 N–H and O–H groups in total. The Hall–Kier alpha value is 0.140. The molecule has 3 fully saturated rings. The lowest BCUT2D eigenvalue weighted by atomic mass is 9.70. The lowest BCUT2D eigenvalue weighted by molar-refractivity contribution is 0.157. The molecule has 3 unspecified atom stereocenters. The monoisotopic (exact) mass is 339 g/mol. The maximum Gasteiger partial charge on any atom is 0.0701 e. The highest BCUT2D eigenvalue weighted by atomic mass is 79.9. The summed E-state index contributed by atoms with van der Waals surface area (Å²) in [6, 6.07) is 5.40. The highest BCUT2D eigenvalue weighted by Crippen LogP contribution is 2.57. The Morgan fingerprint density at radius 3 is 2.74 bits per heavy atom. The van der Waals surface area contributed by atoms with Crippen LogP contribution in [0.5, 0.6) is 0 Å². The SMILES string of the molecule is Brc1ccc(CC2(CNC3CC3)CC3CCC2C3)s1. The van der Waals surface area contributed by atoms with Crippen LogP contribution in [0.1, 0.15) is 43.4 Å². The average molecular weight is 340 g/mol. The van der Waals surface area contributed by atoms with Crippen molar-refractivity contribution in [2.45, 2.75) is 51.0 Å². The molecule has 0 aromatic carbocycles. The highest BCUT2D eigenvalue weighted by Gasteiger charge is 2.50. The molecule has 3 aliphatic carbocycles. The van der Waals surface area contributed by atoms with Gasteiger partial charge in [0, 0.05) is 17.5 Å². The first-order valence-corrected chi connectivity index (χ1v) is 9.32. The van der Waals surface area contributed by atoms with Crippen molar-refractivity contribution < 1.29 is 0 Å². The number of rotatable bonds is 5. The van der Waals surface area contributed by atoms with E-state index in [1.54, 1.807) is 4.88 Å². The Bertz CT molecular complexity index is 467. The molecule has 0 saturated heterocycles. The number of fused-ring (bicyclic) bond motifs is 2. The van der Waals surface area contributed by atoms with Gasteiger partial charge in [-0.2, -0.15) is 0 Å². The van der Waals surface area contributed by atoms with Crippen molar-refractivity contribution in [3.63, 3.8) is 0 Å². The van der Waals surface area contributed by atoms with Gasteiger partial charge in [-0.05, 0) is 83.8 Å². The van der Waals surface area contributed by atoms with Crippen molar-refractivity contribution in [2.24, 2.45) is 17.3 Å². The van der Waals surface area contributed by atoms with Crippen molar-refractivity contribution in [3.8, 4) is 0 Å². The molecule has 4 rings (SSSR count). The van der Waals surface area contributed by atoms with E-state index in [1.165, 1.54) is 55.3 Å². The molecule has 0 radical (unpaired) electrons. The lowest BCUT2D eigenvalue weighted by Gasteiger charge is -2.38. The van der Waals surface area contributed by atoms with E-state index in [0.717, 1.165) is 17.9 Å². The molecule has 1 aromatic rings. The number of nitrogens with one attached hydrogen (secondary N) is 1. The Kier molecular flexibility index (Phi) is 3.28. The van der Waals surface area contributed by atoms with Crippen LogP contribution in [-0.4, -0.2) is 12.6 Å². The molecule has 2 bridgehead atoms. The second kappa shape index (κ2) is 4.85. The van der Waals surface area contributed by atoms with E-state index in [-0.39, 0.29) is 0 Å². The van der Waals surface area contributed by atoms with Gasteiger partial charge in [-0.3, -0.25) is 0 Å². The van der Waals surface area contributed by atoms with Crippen molar-refractivity contribution in [3.05, 3.63) is 20.8 Å². The van der Waals surface area contributed by atoms with Crippen LogP contribution in [0.2, 0.25) is 0 Å². The molecule has 1 heterocycles. The van der Waals surface area contributed by atoms with Crippen LogP contribution in [0, 0.1) is 17.3 Å². The number of halogens is 1. The summed E-state index contributed by atoms with van der Waals surface area (Å²) in [6.45, 7) is 1.27. The minimum Gasteiger partial charge on any atom is -0.313 e. The zero-order chi connectivity index (χ0) is 12.9. The predicted octanol–water partition coefficient (Wildman–Crippen LogP) is 4.61. The average Bonchev–Trinajstić information content (AvgIpc) is 2.80. The maximum atomic E-state index is 3.84. The molecule has 3 heteroatoms. The molecule has 3 saturated carbocycles. The van der Waals surface area contributed by atoms with Gasteiger partial charge in [-0.1, -0.05) is 6.42 Å². The third-order valence-electron chi connectivity index (χ3n) is 5.58. The topological polar surface area (TPSA) is 12.0 Å². The third kappa shape index (κ3) is 2.54. The van der Waals surface area contributed by atoms with Crippen LogP contribution in [0.4, 0.5) is 0 Å². The minimum absolute atomic E-state index is 0.579. The molecule has 0 amide bonds. The normalized spacial score (nSPS) is 37.1. The summed E-state index contributed by atoms with van der Waals surface area (Å²) in [5.74, 6) is 2.03. The standard InChI is InChI=1S/C16H22BrNS/c17-15-6-5-14(19-15)9-16(10-18-13-3-4-13)8-11-1-2-12(16)7-11/h5-6,11-13,18H,1-4,7-10H2. The smallest absolute Gasteiger partial charge is 0.0701 e. The first kappa shape index (κ1) is 12.8. The number of hydrogen-bond acceptors (Lipinski definition) is 2. The second-order valence-electron chi connectivity index (χ2n) is 6.98. The van der Waals surface area contributed by atoms with Gasteiger partial charge in [0.05, 0.1) is 3.79 Å². The summed E-state index contributed by atoms with van der Waals surface area (Å²) >= 11 is 5.55. The van der Waals surface area contributed by atoms with Gasteiger partial charge >= 0.3 is 0 Å². The predicted molar refractivity (Wildman–Crippen MR) is 84.6 cm³/mol. The fourth-order valence-electron chi connectivity index (χ4n) is 4.48. The van der Waals surface area contributed by atoms with E-state index in [1.807, 2.05) is 11.3 Å². The summed E-state index contributed by atoms with van der Waals surface area (Å²) in [6.07, 6.45) is 10.1. The van der Waals surface area contributed by atoms with Gasteiger partial charge in [-0.15, -0.1) is 11.3 Å². The summed E-state index contributed by atoms with van der Waals surface area (Å²) in [5.41, 5.74) is 0.579. The van der Waals surface area contributed by atoms with Crippen LogP contribution in [0.25, 0.3) is 0 Å². The molecule has 104 valence electrons. The number of thiophene rings is 1. The van der Waals surface area contributed by atoms with Crippen LogP contribution in [-0.2, 0) is 6.42 Å². The summed E-state index contributed by atoms with van der Waals surface area (Å²) in [4.78, 5) is 1.58. The van der Waals surface area contributed by atoms with Gasteiger partial charge in [-0.25, -0.2) is 0 Å². The largest absolute Gasteiger partial charge is 0.313 e. The van der Waals surface area contributed by atoms with Crippen LogP contribution < -0.4 is 5.32 Å². The Morgan fingerprint density at radius 1 is 1.26 bits per heavy atom. The molecule has 1 aromatic heterocycles. The molecule has 3 aliphatic rings. The van der Waals surface area contributed by atoms with E-state index in [2.05, 4.69) is 33.4 Å². The third-order valence-corrected chi connectivity index (χ3v) is 7.20. The van der Waals surface area contributed by atoms with Crippen LogP contribution in [0.3, 0.4) is 0 Å². The van der Waals surface area contributed by atoms with E-state index in [0.29, 0.717) is 5.41 Å². The van der Waals surface area contributed by atoms with Gasteiger partial charge in [0.15, 0.2) is 0 Å². The summed E-state index contributed by atoms with van der Waals surface area (Å²) in [7, 11) is 0. The van der Waals surface area contributed by atoms with E-state index in [9.17, 15) is 0 Å². The van der Waals surface area contributed by atoms with Crippen LogP contribution in [0.15, 0.2) is 15.9 Å². The molecule has 19 heavy (non-hydrogen) atoms. The number of hydrogen-bond donors (Lipinski definition) is 1. The molecule has 1 nitrogen and oxygen atoms in total. The summed E-state index contributed by atoms with van der Waals surface area (Å²) < 4.78 is 1.29. The van der Waals surface area contributed by atoms with E-state index in [4.69, 9.17) is 0 Å². The quantitative estimate of drug-likeness (QED) is 0.825. The van der Waals surface area contributed by atoms with Crippen molar-refractivity contribution in [2.75, 3.05) is 6.54 Å². The van der Waals surface area contributed by atoms with Crippen LogP contribution >= 0.6 is 27.3 Å². The second-order valence-corrected chi connectivity index (χ2v) is 9.53. The van der Waals surface area contributed by atoms with Gasteiger partial charge < -0.3 is 5.32 Å². The zero-order valence-corrected chi connectivity index (χ0v) is 13.7. The van der Waals surface area contributed by atoms with Crippen molar-refractivity contribution in [1.82, 2.24) is 5.32 Å². The maximum absolute atomic E-state index is 3.84. The van der Waals surface area contributed by atoms with E-state index < -0.39 is 0 Å². The fraction of sp³-hybridized carbons (Fsp3) is 0.750. The van der Waals surface area contributed by atoms with E-state index >= 15 is 0 Å². The molecule has 0 spiro atoms. The van der Waals surface area contributed by atoms with Crippen molar-refractivity contribution in [1.29, 1.82) is 0 Å². The molecule has 0 aliphatic heterocycles. The Morgan fingerprint density at radius 2 is 2.16 bits per heavy atom. The zero-order valence-electron chi connectivity index (χ0n) is 11.3. The Labute approximate surface area is 128 Å². The highest BCUT2D eigenvalue weighted by molar-refractivity contribution is 9.11. The summed E-state index contributed by atoms with van der Waals surface area (Å²) in [5, 5.41) is 3.84. The van der Waals surface area contributed by atoms with Gasteiger partial charge in [0.1, 0.15) is 0 Å². The Balaban J connectivity index is 1.53. The fourth-order valence-corrected chi connectivity index (χ4v) is 6.12. The minimum atomic E-state index is 0.579. The van der Waals surface area contributed by atoms with Crippen molar-refractivity contribution >= 4 is 27.3 Å². The molecular formula is C16H22BrNS. The van der Waals surface area contributed by atoms with Gasteiger partial charge in [0.25, 0.3) is 0 Å². The van der Waals surface area contributed by atoms with Gasteiger partial charge in [0.2, 0.25) is 0 Å².